The van der Waals surface area contributed by atoms with Gasteiger partial charge in [0.25, 0.3) is 0 Å². The summed E-state index contributed by atoms with van der Waals surface area (Å²) in [6, 6.07) is 2.11. The van der Waals surface area contributed by atoms with Gasteiger partial charge in [0.1, 0.15) is 0 Å². The second-order valence-corrected chi connectivity index (χ2v) is 6.32. The van der Waals surface area contributed by atoms with Gasteiger partial charge in [-0.25, -0.2) is 0 Å². The smallest absolute Gasteiger partial charge is 0.0771 e. The number of aliphatic hydroxyl groups is 1. The van der Waals surface area contributed by atoms with Crippen LogP contribution in [0.25, 0.3) is 0 Å². The van der Waals surface area contributed by atoms with Gasteiger partial charge >= 0.3 is 0 Å². The van der Waals surface area contributed by atoms with Crippen LogP contribution in [0.3, 0.4) is 0 Å². The van der Waals surface area contributed by atoms with Gasteiger partial charge in [0.15, 0.2) is 0 Å². The van der Waals surface area contributed by atoms with Crippen molar-refractivity contribution < 1.29 is 5.11 Å². The van der Waals surface area contributed by atoms with Crippen molar-refractivity contribution in [1.29, 1.82) is 0 Å². The molecule has 0 aliphatic heterocycles. The van der Waals surface area contributed by atoms with Crippen LogP contribution in [0.15, 0.2) is 6.07 Å². The van der Waals surface area contributed by atoms with Gasteiger partial charge in [0.2, 0.25) is 0 Å². The molecule has 2 rings (SSSR count). The van der Waals surface area contributed by atoms with Crippen molar-refractivity contribution in [1.82, 2.24) is 15.1 Å². The maximum atomic E-state index is 10.5. The van der Waals surface area contributed by atoms with Gasteiger partial charge in [-0.05, 0) is 45.7 Å². The molecule has 4 heteroatoms. The topological polar surface area (TPSA) is 50.1 Å². The van der Waals surface area contributed by atoms with Crippen molar-refractivity contribution in [2.75, 3.05) is 13.1 Å². The molecule has 0 aromatic carbocycles. The van der Waals surface area contributed by atoms with Crippen LogP contribution in [-0.4, -0.2) is 33.6 Å². The number of hydrogen-bond acceptors (Lipinski definition) is 3. The molecule has 1 aliphatic rings. The highest BCUT2D eigenvalue weighted by atomic mass is 16.3. The van der Waals surface area contributed by atoms with Crippen molar-refractivity contribution in [2.45, 2.75) is 70.9 Å². The summed E-state index contributed by atoms with van der Waals surface area (Å²) in [5.41, 5.74) is 1.85. The molecule has 20 heavy (non-hydrogen) atoms. The summed E-state index contributed by atoms with van der Waals surface area (Å²) in [6.07, 6.45) is 7.86. The molecule has 0 saturated heterocycles. The number of aromatic nitrogens is 2. The molecule has 4 nitrogen and oxygen atoms in total. The summed E-state index contributed by atoms with van der Waals surface area (Å²) >= 11 is 0. The van der Waals surface area contributed by atoms with E-state index in [2.05, 4.69) is 28.1 Å². The van der Waals surface area contributed by atoms with Gasteiger partial charge in [-0.1, -0.05) is 25.7 Å². The predicted octanol–water partition coefficient (Wildman–Crippen LogP) is 2.56. The summed E-state index contributed by atoms with van der Waals surface area (Å²) in [7, 11) is 0. The molecule has 2 N–H and O–H groups in total. The average Bonchev–Trinajstić information content (AvgIpc) is 2.60. The zero-order valence-electron chi connectivity index (χ0n) is 13.0. The zero-order chi connectivity index (χ0) is 14.4. The van der Waals surface area contributed by atoms with Crippen LogP contribution in [0.2, 0.25) is 0 Å². The lowest BCUT2D eigenvalue weighted by molar-refractivity contribution is 0.0254. The Bertz CT molecular complexity index is 406. The second kappa shape index (κ2) is 7.23. The Hall–Kier alpha value is -0.870. The van der Waals surface area contributed by atoms with Crippen LogP contribution in [0.1, 0.15) is 56.3 Å². The standard InChI is InChI=1S/C16H29N3O/c1-14-12-15(2)19(18-14)11-7-10-17-13-16(20)8-5-3-4-6-9-16/h12,17,20H,3-11,13H2,1-2H3. The van der Waals surface area contributed by atoms with Crippen LogP contribution < -0.4 is 5.32 Å². The molecule has 0 unspecified atom stereocenters. The maximum Gasteiger partial charge on any atom is 0.0771 e. The van der Waals surface area contributed by atoms with E-state index in [0.29, 0.717) is 0 Å². The summed E-state index contributed by atoms with van der Waals surface area (Å²) in [4.78, 5) is 0. The van der Waals surface area contributed by atoms with Crippen molar-refractivity contribution in [3.63, 3.8) is 0 Å². The number of nitrogens with zero attached hydrogens (tertiary/aromatic N) is 2. The number of nitrogens with one attached hydrogen (secondary N) is 1. The Labute approximate surface area is 122 Å². The first-order valence-corrected chi connectivity index (χ1v) is 8.03. The van der Waals surface area contributed by atoms with E-state index in [0.717, 1.165) is 44.6 Å². The lowest BCUT2D eigenvalue weighted by Crippen LogP contribution is -2.40. The molecule has 0 spiro atoms. The summed E-state index contributed by atoms with van der Waals surface area (Å²) in [5.74, 6) is 0. The minimum atomic E-state index is -0.464. The summed E-state index contributed by atoms with van der Waals surface area (Å²) in [5, 5.41) is 18.4. The Balaban J connectivity index is 1.64. The van der Waals surface area contributed by atoms with Crippen LogP contribution in [-0.2, 0) is 6.54 Å². The number of aryl methyl sites for hydroxylation is 3. The molecule has 0 radical (unpaired) electrons. The third kappa shape index (κ3) is 4.60. The van der Waals surface area contributed by atoms with Crippen molar-refractivity contribution >= 4 is 0 Å². The highest BCUT2D eigenvalue weighted by Crippen LogP contribution is 2.26. The molecule has 1 aliphatic carbocycles. The molecular weight excluding hydrogens is 250 g/mol. The quantitative estimate of drug-likeness (QED) is 0.621. The van der Waals surface area contributed by atoms with Gasteiger partial charge in [-0.2, -0.15) is 5.10 Å². The Kier molecular flexibility index (Phi) is 5.61. The minimum absolute atomic E-state index is 0.464. The van der Waals surface area contributed by atoms with E-state index >= 15 is 0 Å². The normalized spacial score (nSPS) is 18.9. The molecule has 114 valence electrons. The highest BCUT2D eigenvalue weighted by molar-refractivity contribution is 5.06. The molecule has 1 fully saturated rings. The second-order valence-electron chi connectivity index (χ2n) is 6.32. The van der Waals surface area contributed by atoms with E-state index in [1.54, 1.807) is 0 Å². The van der Waals surface area contributed by atoms with Crippen LogP contribution in [0, 0.1) is 13.8 Å². The SMILES string of the molecule is Cc1cc(C)n(CCCNCC2(O)CCCCCC2)n1. The van der Waals surface area contributed by atoms with Crippen LogP contribution in [0.5, 0.6) is 0 Å². The van der Waals surface area contributed by atoms with E-state index < -0.39 is 5.60 Å². The fraction of sp³-hybridized carbons (Fsp3) is 0.812. The molecule has 1 heterocycles. The lowest BCUT2D eigenvalue weighted by Gasteiger charge is -2.27. The largest absolute Gasteiger partial charge is 0.389 e. The molecule has 0 atom stereocenters. The van der Waals surface area contributed by atoms with Gasteiger partial charge in [0.05, 0.1) is 11.3 Å². The fourth-order valence-electron chi connectivity index (χ4n) is 3.14. The van der Waals surface area contributed by atoms with Crippen molar-refractivity contribution in [3.8, 4) is 0 Å². The van der Waals surface area contributed by atoms with E-state index in [1.807, 2.05) is 6.92 Å². The molecule has 0 bridgehead atoms. The first-order valence-electron chi connectivity index (χ1n) is 8.03. The number of rotatable bonds is 6. The Morgan fingerprint density at radius 3 is 2.55 bits per heavy atom. The lowest BCUT2D eigenvalue weighted by atomic mass is 9.94. The Morgan fingerprint density at radius 1 is 1.25 bits per heavy atom. The van der Waals surface area contributed by atoms with Crippen molar-refractivity contribution in [2.24, 2.45) is 0 Å². The van der Waals surface area contributed by atoms with E-state index in [-0.39, 0.29) is 0 Å². The summed E-state index contributed by atoms with van der Waals surface area (Å²) < 4.78 is 2.07. The molecule has 1 aromatic heterocycles. The van der Waals surface area contributed by atoms with E-state index in [4.69, 9.17) is 0 Å². The third-order valence-electron chi connectivity index (χ3n) is 4.32. The first-order chi connectivity index (χ1) is 9.59. The zero-order valence-corrected chi connectivity index (χ0v) is 13.0. The monoisotopic (exact) mass is 279 g/mol. The highest BCUT2D eigenvalue weighted by Gasteiger charge is 2.27. The summed E-state index contributed by atoms with van der Waals surface area (Å²) in [6.45, 7) is 6.76. The van der Waals surface area contributed by atoms with Gasteiger partial charge in [-0.15, -0.1) is 0 Å². The maximum absolute atomic E-state index is 10.5. The average molecular weight is 279 g/mol. The van der Waals surface area contributed by atoms with Crippen molar-refractivity contribution in [3.05, 3.63) is 17.5 Å². The van der Waals surface area contributed by atoms with Crippen LogP contribution in [0.4, 0.5) is 0 Å². The predicted molar refractivity (Wildman–Crippen MR) is 81.8 cm³/mol. The first kappa shape index (κ1) is 15.5. The van der Waals surface area contributed by atoms with Gasteiger partial charge < -0.3 is 10.4 Å². The van der Waals surface area contributed by atoms with E-state index in [9.17, 15) is 5.11 Å². The Morgan fingerprint density at radius 2 is 1.95 bits per heavy atom. The van der Waals surface area contributed by atoms with Crippen LogP contribution >= 0.6 is 0 Å². The molecular formula is C16H29N3O. The molecule has 1 saturated carbocycles. The molecule has 1 aromatic rings. The molecule has 0 amide bonds. The number of hydrogen-bond donors (Lipinski definition) is 2. The third-order valence-corrected chi connectivity index (χ3v) is 4.32. The fourth-order valence-corrected chi connectivity index (χ4v) is 3.14. The van der Waals surface area contributed by atoms with Gasteiger partial charge in [-0.3, -0.25) is 4.68 Å². The van der Waals surface area contributed by atoms with E-state index in [1.165, 1.54) is 31.4 Å². The van der Waals surface area contributed by atoms with Gasteiger partial charge in [0, 0.05) is 18.8 Å². The minimum Gasteiger partial charge on any atom is -0.389 e.